The molecule has 25 heavy (non-hydrogen) atoms. The first-order chi connectivity index (χ1) is 12.3. The number of para-hydroxylation sites is 1. The third-order valence-electron chi connectivity index (χ3n) is 3.78. The molecule has 1 aromatic heterocycles. The van der Waals surface area contributed by atoms with Crippen molar-refractivity contribution in [3.05, 3.63) is 84.4 Å². The van der Waals surface area contributed by atoms with Crippen molar-refractivity contribution in [3.63, 3.8) is 0 Å². The molecule has 5 nitrogen and oxygen atoms in total. The Morgan fingerprint density at radius 2 is 1.76 bits per heavy atom. The van der Waals surface area contributed by atoms with Crippen LogP contribution in [0.5, 0.6) is 5.75 Å². The molecule has 0 unspecified atom stereocenters. The van der Waals surface area contributed by atoms with Gasteiger partial charge in [-0.15, -0.1) is 0 Å². The summed E-state index contributed by atoms with van der Waals surface area (Å²) in [5.41, 5.74) is 1.22. The maximum absolute atomic E-state index is 11.9. The molecule has 1 amide bonds. The van der Waals surface area contributed by atoms with E-state index in [1.807, 2.05) is 54.7 Å². The van der Waals surface area contributed by atoms with Gasteiger partial charge in [0.05, 0.1) is 0 Å². The van der Waals surface area contributed by atoms with Gasteiger partial charge >= 0.3 is 0 Å². The summed E-state index contributed by atoms with van der Waals surface area (Å²) in [6, 6.07) is 19.5. The average Bonchev–Trinajstić information content (AvgIpc) is 3.09. The van der Waals surface area contributed by atoms with Crippen LogP contribution in [0.4, 0.5) is 0 Å². The zero-order valence-corrected chi connectivity index (χ0v) is 14.0. The Labute approximate surface area is 147 Å². The molecule has 0 fully saturated rings. The van der Waals surface area contributed by atoms with Gasteiger partial charge in [-0.3, -0.25) is 4.79 Å². The molecule has 0 aliphatic rings. The topological polar surface area (TPSA) is 56.1 Å². The first-order valence-electron chi connectivity index (χ1n) is 8.30. The van der Waals surface area contributed by atoms with Crippen molar-refractivity contribution in [1.29, 1.82) is 0 Å². The zero-order valence-electron chi connectivity index (χ0n) is 14.0. The van der Waals surface area contributed by atoms with Crippen molar-refractivity contribution in [2.45, 2.75) is 13.0 Å². The maximum atomic E-state index is 11.9. The predicted octanol–water partition coefficient (Wildman–Crippen LogP) is 2.67. The second kappa shape index (κ2) is 8.68. The molecular formula is C20H21N3O2. The molecule has 3 rings (SSSR count). The molecule has 0 aliphatic carbocycles. The average molecular weight is 335 g/mol. The molecule has 0 aliphatic heterocycles. The van der Waals surface area contributed by atoms with Crippen LogP contribution in [-0.2, 0) is 17.8 Å². The van der Waals surface area contributed by atoms with E-state index in [9.17, 15) is 4.79 Å². The van der Waals surface area contributed by atoms with Gasteiger partial charge in [-0.2, -0.15) is 0 Å². The van der Waals surface area contributed by atoms with E-state index >= 15 is 0 Å². The molecule has 0 saturated heterocycles. The van der Waals surface area contributed by atoms with Crippen LogP contribution in [0.15, 0.2) is 73.1 Å². The van der Waals surface area contributed by atoms with Crippen LogP contribution in [0, 0.1) is 0 Å². The standard InChI is InChI=1S/C20H21N3O2/c24-20(16-25-18-9-5-2-6-10-18)22-12-11-19-21-13-14-23(19)15-17-7-3-1-4-8-17/h1-10,13-14H,11-12,15-16H2,(H,22,24). The summed E-state index contributed by atoms with van der Waals surface area (Å²) in [6.07, 6.45) is 4.43. The highest BCUT2D eigenvalue weighted by Gasteiger charge is 2.06. The van der Waals surface area contributed by atoms with Gasteiger partial charge < -0.3 is 14.6 Å². The normalized spacial score (nSPS) is 10.4. The van der Waals surface area contributed by atoms with Crippen LogP contribution in [0.3, 0.4) is 0 Å². The van der Waals surface area contributed by atoms with Crippen LogP contribution in [0.25, 0.3) is 0 Å². The number of rotatable bonds is 8. The number of carbonyl (C=O) groups excluding carboxylic acids is 1. The second-order valence-corrected chi connectivity index (χ2v) is 5.66. The van der Waals surface area contributed by atoms with Crippen LogP contribution < -0.4 is 10.1 Å². The number of amides is 1. The molecule has 0 radical (unpaired) electrons. The van der Waals surface area contributed by atoms with E-state index in [0.717, 1.165) is 12.4 Å². The largest absolute Gasteiger partial charge is 0.484 e. The number of carbonyl (C=O) groups is 1. The highest BCUT2D eigenvalue weighted by atomic mass is 16.5. The predicted molar refractivity (Wildman–Crippen MR) is 96.4 cm³/mol. The third-order valence-corrected chi connectivity index (χ3v) is 3.78. The summed E-state index contributed by atoms with van der Waals surface area (Å²) in [7, 11) is 0. The Bertz CT molecular complexity index is 785. The van der Waals surface area contributed by atoms with E-state index in [1.165, 1.54) is 5.56 Å². The Morgan fingerprint density at radius 3 is 2.52 bits per heavy atom. The van der Waals surface area contributed by atoms with Crippen molar-refractivity contribution in [1.82, 2.24) is 14.9 Å². The van der Waals surface area contributed by atoms with E-state index in [-0.39, 0.29) is 12.5 Å². The lowest BCUT2D eigenvalue weighted by Gasteiger charge is -2.09. The van der Waals surface area contributed by atoms with Crippen LogP contribution >= 0.6 is 0 Å². The van der Waals surface area contributed by atoms with Crippen LogP contribution in [0.1, 0.15) is 11.4 Å². The molecule has 3 aromatic rings. The number of nitrogens with zero attached hydrogens (tertiary/aromatic N) is 2. The summed E-state index contributed by atoms with van der Waals surface area (Å²) < 4.78 is 7.52. The van der Waals surface area contributed by atoms with E-state index in [4.69, 9.17) is 4.74 Å². The molecule has 0 spiro atoms. The molecule has 0 bridgehead atoms. The number of ether oxygens (including phenoxy) is 1. The Balaban J connectivity index is 1.43. The van der Waals surface area contributed by atoms with E-state index < -0.39 is 0 Å². The fourth-order valence-corrected chi connectivity index (χ4v) is 2.52. The number of aromatic nitrogens is 2. The first-order valence-corrected chi connectivity index (χ1v) is 8.30. The third kappa shape index (κ3) is 5.21. The number of hydrogen-bond acceptors (Lipinski definition) is 3. The first kappa shape index (κ1) is 16.8. The van der Waals surface area contributed by atoms with Crippen LogP contribution in [0.2, 0.25) is 0 Å². The van der Waals surface area contributed by atoms with Gasteiger partial charge in [-0.25, -0.2) is 4.98 Å². The summed E-state index contributed by atoms with van der Waals surface area (Å²) in [5.74, 6) is 1.51. The number of imidazole rings is 1. The van der Waals surface area contributed by atoms with Gasteiger partial charge in [0.1, 0.15) is 11.6 Å². The van der Waals surface area contributed by atoms with E-state index in [0.29, 0.717) is 18.7 Å². The monoisotopic (exact) mass is 335 g/mol. The number of hydrogen-bond donors (Lipinski definition) is 1. The SMILES string of the molecule is O=C(COc1ccccc1)NCCc1nccn1Cc1ccccc1. The van der Waals surface area contributed by atoms with Gasteiger partial charge in [0.2, 0.25) is 0 Å². The Morgan fingerprint density at radius 1 is 1.04 bits per heavy atom. The van der Waals surface area contributed by atoms with Crippen LogP contribution in [-0.4, -0.2) is 28.6 Å². The fraction of sp³-hybridized carbons (Fsp3) is 0.200. The summed E-state index contributed by atoms with van der Waals surface area (Å²) >= 11 is 0. The maximum Gasteiger partial charge on any atom is 0.257 e. The Hall–Kier alpha value is -3.08. The minimum atomic E-state index is -0.134. The minimum absolute atomic E-state index is 0.0163. The quantitative estimate of drug-likeness (QED) is 0.688. The number of benzene rings is 2. The lowest BCUT2D eigenvalue weighted by Crippen LogP contribution is -2.31. The second-order valence-electron chi connectivity index (χ2n) is 5.66. The summed E-state index contributed by atoms with van der Waals surface area (Å²) in [5, 5.41) is 2.87. The molecule has 0 saturated carbocycles. The van der Waals surface area contributed by atoms with Crippen molar-refractivity contribution >= 4 is 5.91 Å². The summed E-state index contributed by atoms with van der Waals surface area (Å²) in [6.45, 7) is 1.33. The summed E-state index contributed by atoms with van der Waals surface area (Å²) in [4.78, 5) is 16.2. The van der Waals surface area contributed by atoms with E-state index in [2.05, 4.69) is 27.0 Å². The zero-order chi connectivity index (χ0) is 17.3. The minimum Gasteiger partial charge on any atom is -0.484 e. The lowest BCUT2D eigenvalue weighted by atomic mass is 10.2. The molecule has 128 valence electrons. The van der Waals surface area contributed by atoms with Gasteiger partial charge in [-0.1, -0.05) is 48.5 Å². The van der Waals surface area contributed by atoms with Gasteiger partial charge in [0.15, 0.2) is 6.61 Å². The van der Waals surface area contributed by atoms with Crippen molar-refractivity contribution in [3.8, 4) is 5.75 Å². The molecule has 2 aromatic carbocycles. The van der Waals surface area contributed by atoms with Gasteiger partial charge in [-0.05, 0) is 17.7 Å². The van der Waals surface area contributed by atoms with Crippen molar-refractivity contribution in [2.24, 2.45) is 0 Å². The Kier molecular flexibility index (Phi) is 5.82. The van der Waals surface area contributed by atoms with Gasteiger partial charge in [0.25, 0.3) is 5.91 Å². The highest BCUT2D eigenvalue weighted by Crippen LogP contribution is 2.08. The molecule has 0 atom stereocenters. The van der Waals surface area contributed by atoms with Crippen molar-refractivity contribution < 1.29 is 9.53 Å². The highest BCUT2D eigenvalue weighted by molar-refractivity contribution is 5.77. The van der Waals surface area contributed by atoms with E-state index in [1.54, 1.807) is 6.20 Å². The smallest absolute Gasteiger partial charge is 0.257 e. The fourth-order valence-electron chi connectivity index (χ4n) is 2.52. The van der Waals surface area contributed by atoms with Crippen molar-refractivity contribution in [2.75, 3.05) is 13.2 Å². The lowest BCUT2D eigenvalue weighted by molar-refractivity contribution is -0.123. The molecule has 1 heterocycles. The molecular weight excluding hydrogens is 314 g/mol. The molecule has 1 N–H and O–H groups in total. The van der Waals surface area contributed by atoms with Gasteiger partial charge in [0, 0.05) is 31.9 Å². The number of nitrogens with one attached hydrogen (secondary N) is 1. The molecule has 5 heteroatoms.